The van der Waals surface area contributed by atoms with Gasteiger partial charge in [-0.05, 0) is 81.9 Å². The zero-order valence-electron chi connectivity index (χ0n) is 13.7. The van der Waals surface area contributed by atoms with E-state index < -0.39 is 0 Å². The number of rotatable bonds is 4. The molecule has 0 radical (unpaired) electrons. The average Bonchev–Trinajstić information content (AvgIpc) is 2.70. The molecule has 0 aliphatic heterocycles. The van der Waals surface area contributed by atoms with Crippen molar-refractivity contribution in [2.45, 2.75) is 0 Å². The van der Waals surface area contributed by atoms with Gasteiger partial charge in [-0.25, -0.2) is 0 Å². The zero-order chi connectivity index (χ0) is 19.2. The Morgan fingerprint density at radius 3 is 1.89 bits per heavy atom. The van der Waals surface area contributed by atoms with Crippen molar-refractivity contribution in [2.75, 3.05) is 5.43 Å². The van der Waals surface area contributed by atoms with Crippen LogP contribution in [-0.4, -0.2) is 5.84 Å². The van der Waals surface area contributed by atoms with E-state index in [2.05, 4.69) is 84.5 Å². The van der Waals surface area contributed by atoms with E-state index in [1.54, 1.807) is 0 Å². The summed E-state index contributed by atoms with van der Waals surface area (Å²) in [7, 11) is 0. The van der Waals surface area contributed by atoms with Crippen LogP contribution in [0.1, 0.15) is 5.56 Å². The second-order valence-corrected chi connectivity index (χ2v) is 8.59. The molecule has 0 atom stereocenters. The SMILES string of the molecule is Brc1cc(Br)c(Br)c(N=NC(=NNc2ccccc2)c2ccccc2)c1Br. The molecule has 0 fully saturated rings. The van der Waals surface area contributed by atoms with E-state index in [1.807, 2.05) is 66.7 Å². The number of nitrogens with zero attached hydrogens (tertiary/aromatic N) is 3. The smallest absolute Gasteiger partial charge is 0.201 e. The summed E-state index contributed by atoms with van der Waals surface area (Å²) in [4.78, 5) is 0. The van der Waals surface area contributed by atoms with Crippen molar-refractivity contribution in [3.8, 4) is 0 Å². The highest BCUT2D eigenvalue weighted by Gasteiger charge is 2.13. The first kappa shape index (κ1) is 20.4. The molecule has 0 heterocycles. The molecule has 3 rings (SSSR count). The third kappa shape index (κ3) is 5.34. The third-order valence-corrected chi connectivity index (χ3v) is 7.35. The van der Waals surface area contributed by atoms with Crippen molar-refractivity contribution in [3.63, 3.8) is 0 Å². The van der Waals surface area contributed by atoms with E-state index in [0.29, 0.717) is 11.5 Å². The summed E-state index contributed by atoms with van der Waals surface area (Å²) in [5.74, 6) is 0.467. The van der Waals surface area contributed by atoms with Crippen molar-refractivity contribution in [3.05, 3.63) is 90.2 Å². The highest BCUT2D eigenvalue weighted by Crippen LogP contribution is 2.43. The number of hydrogen-bond donors (Lipinski definition) is 1. The summed E-state index contributed by atoms with van der Waals surface area (Å²) < 4.78 is 3.33. The molecule has 27 heavy (non-hydrogen) atoms. The van der Waals surface area contributed by atoms with Gasteiger partial charge in [0.25, 0.3) is 0 Å². The second kappa shape index (κ2) is 9.73. The second-order valence-electron chi connectivity index (χ2n) is 5.30. The quantitative estimate of drug-likeness (QED) is 0.104. The van der Waals surface area contributed by atoms with Crippen LogP contribution >= 0.6 is 63.7 Å². The molecular formula is C19H12Br4N4. The van der Waals surface area contributed by atoms with E-state index >= 15 is 0 Å². The fourth-order valence-electron chi connectivity index (χ4n) is 2.11. The Balaban J connectivity index is 1.99. The van der Waals surface area contributed by atoms with Crippen LogP contribution in [0.4, 0.5) is 11.4 Å². The minimum atomic E-state index is 0.467. The predicted molar refractivity (Wildman–Crippen MR) is 125 cm³/mol. The normalized spacial score (nSPS) is 11.8. The first-order valence-corrected chi connectivity index (χ1v) is 10.9. The van der Waals surface area contributed by atoms with E-state index in [1.165, 1.54) is 0 Å². The fourth-order valence-corrected chi connectivity index (χ4v) is 4.30. The predicted octanol–water partition coefficient (Wildman–Crippen LogP) is 8.29. The Kier molecular flexibility index (Phi) is 7.34. The Labute approximate surface area is 190 Å². The molecule has 0 spiro atoms. The molecule has 0 saturated carbocycles. The minimum Gasteiger partial charge on any atom is -0.276 e. The highest BCUT2D eigenvalue weighted by molar-refractivity contribution is 9.14. The minimum absolute atomic E-state index is 0.467. The Morgan fingerprint density at radius 1 is 0.741 bits per heavy atom. The van der Waals surface area contributed by atoms with Crippen molar-refractivity contribution in [1.82, 2.24) is 0 Å². The van der Waals surface area contributed by atoms with Crippen molar-refractivity contribution in [1.29, 1.82) is 0 Å². The maximum Gasteiger partial charge on any atom is 0.201 e. The van der Waals surface area contributed by atoms with Crippen LogP contribution in [0.3, 0.4) is 0 Å². The number of hydrazone groups is 1. The molecule has 4 nitrogen and oxygen atoms in total. The fraction of sp³-hybridized carbons (Fsp3) is 0. The molecule has 0 aliphatic rings. The van der Waals surface area contributed by atoms with Gasteiger partial charge in [-0.3, -0.25) is 5.43 Å². The van der Waals surface area contributed by atoms with E-state index in [4.69, 9.17) is 0 Å². The lowest BCUT2D eigenvalue weighted by Crippen LogP contribution is -2.01. The lowest BCUT2D eigenvalue weighted by Gasteiger charge is -2.07. The van der Waals surface area contributed by atoms with Gasteiger partial charge in [0, 0.05) is 14.5 Å². The van der Waals surface area contributed by atoms with E-state index in [-0.39, 0.29) is 0 Å². The van der Waals surface area contributed by atoms with Gasteiger partial charge in [0.2, 0.25) is 5.84 Å². The molecule has 0 unspecified atom stereocenters. The van der Waals surface area contributed by atoms with Gasteiger partial charge in [-0.1, -0.05) is 48.5 Å². The van der Waals surface area contributed by atoms with Gasteiger partial charge < -0.3 is 0 Å². The highest BCUT2D eigenvalue weighted by atomic mass is 79.9. The van der Waals surface area contributed by atoms with E-state index in [9.17, 15) is 0 Å². The number of amidine groups is 1. The number of para-hydroxylation sites is 1. The number of benzene rings is 3. The molecule has 0 bridgehead atoms. The Morgan fingerprint density at radius 2 is 1.30 bits per heavy atom. The van der Waals surface area contributed by atoms with Gasteiger partial charge in [-0.15, -0.1) is 10.2 Å². The lowest BCUT2D eigenvalue weighted by atomic mass is 10.2. The molecule has 1 N–H and O–H groups in total. The lowest BCUT2D eigenvalue weighted by molar-refractivity contribution is 1.21. The maximum atomic E-state index is 4.44. The van der Waals surface area contributed by atoms with Gasteiger partial charge in [0.15, 0.2) is 0 Å². The molecule has 0 amide bonds. The largest absolute Gasteiger partial charge is 0.276 e. The molecule has 136 valence electrons. The number of azo groups is 1. The molecule has 0 saturated heterocycles. The van der Waals surface area contributed by atoms with Crippen LogP contribution < -0.4 is 5.43 Å². The molecule has 8 heteroatoms. The van der Waals surface area contributed by atoms with Gasteiger partial charge >= 0.3 is 0 Å². The van der Waals surface area contributed by atoms with Crippen LogP contribution in [0.25, 0.3) is 0 Å². The summed E-state index contributed by atoms with van der Waals surface area (Å²) in [6.07, 6.45) is 0. The summed E-state index contributed by atoms with van der Waals surface area (Å²) in [6.45, 7) is 0. The maximum absolute atomic E-state index is 4.44. The van der Waals surface area contributed by atoms with Crippen LogP contribution in [0.2, 0.25) is 0 Å². The van der Waals surface area contributed by atoms with E-state index in [0.717, 1.165) is 29.1 Å². The molecule has 0 aromatic heterocycles. The summed E-state index contributed by atoms with van der Waals surface area (Å²) in [5.41, 5.74) is 5.40. The molecule has 3 aromatic carbocycles. The Bertz CT molecular complexity index is 963. The number of halogens is 4. The number of hydrogen-bond acceptors (Lipinski definition) is 3. The van der Waals surface area contributed by atoms with Crippen LogP contribution in [0.5, 0.6) is 0 Å². The van der Waals surface area contributed by atoms with Crippen LogP contribution in [0.15, 0.2) is 100.0 Å². The van der Waals surface area contributed by atoms with Crippen LogP contribution in [-0.2, 0) is 0 Å². The summed E-state index contributed by atoms with van der Waals surface area (Å²) >= 11 is 14.1. The third-order valence-electron chi connectivity index (χ3n) is 3.43. The molecular weight excluding hydrogens is 604 g/mol. The standard InChI is InChI=1S/C19H12Br4N4/c20-14-11-15(21)17(23)18(16(14)22)25-27-19(12-7-3-1-4-8-12)26-24-13-9-5-2-6-10-13/h1-11,24H. The first-order valence-electron chi connectivity index (χ1n) is 7.75. The number of nitrogens with one attached hydrogen (secondary N) is 1. The monoisotopic (exact) mass is 612 g/mol. The molecule has 0 aliphatic carbocycles. The van der Waals surface area contributed by atoms with Gasteiger partial charge in [0.05, 0.1) is 14.6 Å². The average molecular weight is 616 g/mol. The van der Waals surface area contributed by atoms with Gasteiger partial charge in [-0.2, -0.15) is 5.10 Å². The van der Waals surface area contributed by atoms with Crippen LogP contribution in [0, 0.1) is 0 Å². The van der Waals surface area contributed by atoms with Crippen molar-refractivity contribution in [2.24, 2.45) is 15.3 Å². The topological polar surface area (TPSA) is 49.1 Å². The molecule has 3 aromatic rings. The van der Waals surface area contributed by atoms with Gasteiger partial charge in [0.1, 0.15) is 5.69 Å². The Hall–Kier alpha value is -1.35. The zero-order valence-corrected chi connectivity index (χ0v) is 20.0. The number of anilines is 1. The van der Waals surface area contributed by atoms with Crippen molar-refractivity contribution < 1.29 is 0 Å². The first-order chi connectivity index (χ1) is 13.1. The summed E-state index contributed by atoms with van der Waals surface area (Å²) in [5, 5.41) is 13.2. The summed E-state index contributed by atoms with van der Waals surface area (Å²) in [6, 6.07) is 21.3. The van der Waals surface area contributed by atoms with Crippen molar-refractivity contribution >= 4 is 80.9 Å².